The zero-order chi connectivity index (χ0) is 12.8. The first-order chi connectivity index (χ1) is 8.74. The SMILES string of the molecule is O=C(NCCC1CCCCO1)NCC1(CO)CC1. The largest absolute Gasteiger partial charge is 0.396 e. The van der Waals surface area contributed by atoms with E-state index >= 15 is 0 Å². The van der Waals surface area contributed by atoms with Crippen molar-refractivity contribution in [2.45, 2.75) is 44.6 Å². The highest BCUT2D eigenvalue weighted by molar-refractivity contribution is 5.73. The number of amides is 2. The summed E-state index contributed by atoms with van der Waals surface area (Å²) in [4.78, 5) is 11.5. The molecule has 2 aliphatic rings. The number of rotatable bonds is 6. The Morgan fingerprint density at radius 1 is 1.33 bits per heavy atom. The molecule has 0 radical (unpaired) electrons. The maximum Gasteiger partial charge on any atom is 0.314 e. The van der Waals surface area contributed by atoms with Crippen molar-refractivity contribution in [3.63, 3.8) is 0 Å². The van der Waals surface area contributed by atoms with Gasteiger partial charge in [-0.2, -0.15) is 0 Å². The Hall–Kier alpha value is -0.810. The molecule has 0 aromatic rings. The summed E-state index contributed by atoms with van der Waals surface area (Å²) < 4.78 is 5.60. The number of aliphatic hydroxyl groups is 1. The molecule has 5 nitrogen and oxygen atoms in total. The molecule has 104 valence electrons. The molecule has 1 unspecified atom stereocenters. The standard InChI is InChI=1S/C13H24N2O3/c16-10-13(5-6-13)9-15-12(17)14-7-4-11-3-1-2-8-18-11/h11,16H,1-10H2,(H2,14,15,17). The molecule has 1 saturated carbocycles. The van der Waals surface area contributed by atoms with E-state index in [4.69, 9.17) is 9.84 Å². The van der Waals surface area contributed by atoms with Crippen molar-refractivity contribution in [1.29, 1.82) is 0 Å². The summed E-state index contributed by atoms with van der Waals surface area (Å²) in [6.45, 7) is 2.26. The number of nitrogens with one attached hydrogen (secondary N) is 2. The quantitative estimate of drug-likeness (QED) is 0.664. The zero-order valence-electron chi connectivity index (χ0n) is 10.9. The third kappa shape index (κ3) is 4.14. The second kappa shape index (κ2) is 6.38. The molecule has 5 heteroatoms. The number of ether oxygens (including phenoxy) is 1. The van der Waals surface area contributed by atoms with E-state index in [0.717, 1.165) is 38.7 Å². The van der Waals surface area contributed by atoms with Crippen LogP contribution in [0.4, 0.5) is 4.79 Å². The van der Waals surface area contributed by atoms with Gasteiger partial charge in [-0.25, -0.2) is 4.79 Å². The minimum Gasteiger partial charge on any atom is -0.396 e. The Balaban J connectivity index is 1.51. The van der Waals surface area contributed by atoms with E-state index in [-0.39, 0.29) is 18.1 Å². The summed E-state index contributed by atoms with van der Waals surface area (Å²) in [6, 6.07) is -0.134. The van der Waals surface area contributed by atoms with E-state index in [1.54, 1.807) is 0 Å². The van der Waals surface area contributed by atoms with Crippen LogP contribution in [0.2, 0.25) is 0 Å². The maximum absolute atomic E-state index is 11.5. The molecule has 0 spiro atoms. The lowest BCUT2D eigenvalue weighted by molar-refractivity contribution is 0.0120. The summed E-state index contributed by atoms with van der Waals surface area (Å²) in [5.41, 5.74) is -0.0240. The molecular weight excluding hydrogens is 232 g/mol. The maximum atomic E-state index is 11.5. The molecule has 0 aromatic carbocycles. The van der Waals surface area contributed by atoms with Crippen LogP contribution in [0, 0.1) is 5.41 Å². The zero-order valence-corrected chi connectivity index (χ0v) is 10.9. The van der Waals surface area contributed by atoms with Gasteiger partial charge in [0.05, 0.1) is 12.7 Å². The van der Waals surface area contributed by atoms with E-state index in [9.17, 15) is 4.79 Å². The highest BCUT2D eigenvalue weighted by Gasteiger charge is 2.42. The highest BCUT2D eigenvalue weighted by atomic mass is 16.5. The van der Waals surface area contributed by atoms with Crippen molar-refractivity contribution in [3.05, 3.63) is 0 Å². The summed E-state index contributed by atoms with van der Waals surface area (Å²) in [5, 5.41) is 14.8. The Labute approximate surface area is 108 Å². The number of hydrogen-bond donors (Lipinski definition) is 3. The predicted molar refractivity (Wildman–Crippen MR) is 68.4 cm³/mol. The van der Waals surface area contributed by atoms with Crippen LogP contribution in [-0.4, -0.2) is 43.5 Å². The summed E-state index contributed by atoms with van der Waals surface area (Å²) >= 11 is 0. The van der Waals surface area contributed by atoms with Gasteiger partial charge in [0, 0.05) is 25.1 Å². The Morgan fingerprint density at radius 3 is 2.78 bits per heavy atom. The monoisotopic (exact) mass is 256 g/mol. The van der Waals surface area contributed by atoms with Crippen LogP contribution in [0.15, 0.2) is 0 Å². The average Bonchev–Trinajstić information content (AvgIpc) is 3.18. The fourth-order valence-electron chi connectivity index (χ4n) is 2.28. The van der Waals surface area contributed by atoms with Gasteiger partial charge in [-0.3, -0.25) is 0 Å². The molecule has 2 rings (SSSR count). The fourth-order valence-corrected chi connectivity index (χ4v) is 2.28. The number of urea groups is 1. The van der Waals surface area contributed by atoms with E-state index < -0.39 is 0 Å². The molecular formula is C13H24N2O3. The smallest absolute Gasteiger partial charge is 0.314 e. The molecule has 1 aliphatic carbocycles. The van der Waals surface area contributed by atoms with Crippen LogP contribution in [0.5, 0.6) is 0 Å². The van der Waals surface area contributed by atoms with Gasteiger partial charge >= 0.3 is 6.03 Å². The third-order valence-corrected chi connectivity index (χ3v) is 3.94. The lowest BCUT2D eigenvalue weighted by Crippen LogP contribution is -2.40. The minimum absolute atomic E-state index is 0.0240. The molecule has 1 saturated heterocycles. The lowest BCUT2D eigenvalue weighted by Gasteiger charge is -2.22. The van der Waals surface area contributed by atoms with E-state index in [2.05, 4.69) is 10.6 Å². The van der Waals surface area contributed by atoms with E-state index in [1.165, 1.54) is 6.42 Å². The van der Waals surface area contributed by atoms with Crippen LogP contribution in [0.25, 0.3) is 0 Å². The van der Waals surface area contributed by atoms with Gasteiger partial charge in [-0.05, 0) is 38.5 Å². The molecule has 1 aliphatic heterocycles. The van der Waals surface area contributed by atoms with Gasteiger partial charge in [-0.1, -0.05) is 0 Å². The third-order valence-electron chi connectivity index (χ3n) is 3.94. The predicted octanol–water partition coefficient (Wildman–Crippen LogP) is 1.02. The van der Waals surface area contributed by atoms with Crippen LogP contribution >= 0.6 is 0 Å². The highest BCUT2D eigenvalue weighted by Crippen LogP contribution is 2.44. The van der Waals surface area contributed by atoms with Crippen molar-refractivity contribution < 1.29 is 14.6 Å². The number of aliphatic hydroxyl groups excluding tert-OH is 1. The first-order valence-electron chi connectivity index (χ1n) is 6.98. The minimum atomic E-state index is -0.134. The second-order valence-electron chi connectivity index (χ2n) is 5.54. The molecule has 0 bridgehead atoms. The van der Waals surface area contributed by atoms with Gasteiger partial charge < -0.3 is 20.5 Å². The van der Waals surface area contributed by atoms with Crippen LogP contribution < -0.4 is 10.6 Å². The van der Waals surface area contributed by atoms with Crippen molar-refractivity contribution in [2.75, 3.05) is 26.3 Å². The van der Waals surface area contributed by atoms with Crippen molar-refractivity contribution in [3.8, 4) is 0 Å². The first kappa shape index (κ1) is 13.6. The molecule has 1 heterocycles. The van der Waals surface area contributed by atoms with Crippen molar-refractivity contribution >= 4 is 6.03 Å². The molecule has 0 aromatic heterocycles. The average molecular weight is 256 g/mol. The normalized spacial score (nSPS) is 25.5. The Bertz CT molecular complexity index is 273. The van der Waals surface area contributed by atoms with Gasteiger partial charge in [0.15, 0.2) is 0 Å². The summed E-state index contributed by atoms with van der Waals surface area (Å²) in [6.07, 6.45) is 6.73. The summed E-state index contributed by atoms with van der Waals surface area (Å²) in [7, 11) is 0. The molecule has 2 amide bonds. The van der Waals surface area contributed by atoms with Gasteiger partial charge in [-0.15, -0.1) is 0 Å². The van der Waals surface area contributed by atoms with Crippen LogP contribution in [0.1, 0.15) is 38.5 Å². The van der Waals surface area contributed by atoms with Gasteiger partial charge in [0.25, 0.3) is 0 Å². The number of carbonyl (C=O) groups is 1. The second-order valence-corrected chi connectivity index (χ2v) is 5.54. The van der Waals surface area contributed by atoms with Crippen molar-refractivity contribution in [2.24, 2.45) is 5.41 Å². The molecule has 18 heavy (non-hydrogen) atoms. The van der Waals surface area contributed by atoms with Crippen LogP contribution in [-0.2, 0) is 4.74 Å². The lowest BCUT2D eigenvalue weighted by atomic mass is 10.1. The number of hydrogen-bond acceptors (Lipinski definition) is 3. The fraction of sp³-hybridized carbons (Fsp3) is 0.923. The first-order valence-corrected chi connectivity index (χ1v) is 6.98. The molecule has 1 atom stereocenters. The van der Waals surface area contributed by atoms with Gasteiger partial charge in [0.2, 0.25) is 0 Å². The Kier molecular flexibility index (Phi) is 4.83. The number of carbonyl (C=O) groups excluding carboxylic acids is 1. The molecule has 3 N–H and O–H groups in total. The van der Waals surface area contributed by atoms with Gasteiger partial charge in [0.1, 0.15) is 0 Å². The van der Waals surface area contributed by atoms with E-state index in [1.807, 2.05) is 0 Å². The molecule has 2 fully saturated rings. The summed E-state index contributed by atoms with van der Waals surface area (Å²) in [5.74, 6) is 0. The van der Waals surface area contributed by atoms with Crippen molar-refractivity contribution in [1.82, 2.24) is 10.6 Å². The van der Waals surface area contributed by atoms with Crippen LogP contribution in [0.3, 0.4) is 0 Å². The topological polar surface area (TPSA) is 70.6 Å². The van der Waals surface area contributed by atoms with E-state index in [0.29, 0.717) is 19.2 Å². The Morgan fingerprint density at radius 2 is 2.17 bits per heavy atom.